The van der Waals surface area contributed by atoms with Crippen LogP contribution < -0.4 is 15.7 Å². The van der Waals surface area contributed by atoms with E-state index in [-0.39, 0.29) is 5.91 Å². The van der Waals surface area contributed by atoms with Crippen LogP contribution in [0.1, 0.15) is 64.6 Å². The molecule has 2 aliphatic heterocycles. The minimum atomic E-state index is 0.0208. The molecule has 9 nitrogen and oxygen atoms in total. The largest absolute Gasteiger partial charge is 0.381 e. The average Bonchev–Trinajstić information content (AvgIpc) is 3.35. The van der Waals surface area contributed by atoms with Crippen LogP contribution >= 0.6 is 11.5 Å². The second-order valence-electron chi connectivity index (χ2n) is 7.98. The highest BCUT2D eigenvalue weighted by atomic mass is 32.1. The molecule has 1 amide bonds. The first-order chi connectivity index (χ1) is 15.1. The first-order valence-corrected chi connectivity index (χ1v) is 11.8. The Morgan fingerprint density at radius 3 is 2.90 bits per heavy atom. The van der Waals surface area contributed by atoms with Crippen molar-refractivity contribution in [2.45, 2.75) is 59.2 Å². The van der Waals surface area contributed by atoms with E-state index in [2.05, 4.69) is 44.3 Å². The molecule has 1 fully saturated rings. The monoisotopic (exact) mass is 445 g/mol. The molecule has 0 aliphatic carbocycles. The van der Waals surface area contributed by atoms with E-state index in [1.165, 1.54) is 17.2 Å². The summed E-state index contributed by atoms with van der Waals surface area (Å²) in [4.78, 5) is 19.0. The normalized spacial score (nSPS) is 17.0. The van der Waals surface area contributed by atoms with E-state index in [1.807, 2.05) is 18.0 Å². The van der Waals surface area contributed by atoms with Gasteiger partial charge in [-0.1, -0.05) is 11.4 Å². The third-order valence-electron chi connectivity index (χ3n) is 5.91. The molecule has 0 bridgehead atoms. The van der Waals surface area contributed by atoms with Crippen LogP contribution in [0.15, 0.2) is 5.10 Å². The summed E-state index contributed by atoms with van der Waals surface area (Å²) in [6, 6.07) is 0.451. The Morgan fingerprint density at radius 1 is 1.39 bits per heavy atom. The molecule has 166 valence electrons. The van der Waals surface area contributed by atoms with E-state index in [4.69, 9.17) is 4.74 Å². The van der Waals surface area contributed by atoms with Crippen molar-refractivity contribution >= 4 is 29.3 Å². The number of amides is 1. The van der Waals surface area contributed by atoms with Gasteiger partial charge in [-0.15, -0.1) is 5.10 Å². The van der Waals surface area contributed by atoms with Gasteiger partial charge in [0.15, 0.2) is 17.1 Å². The Labute approximate surface area is 186 Å². The molecule has 0 unspecified atom stereocenters. The van der Waals surface area contributed by atoms with Crippen LogP contribution in [-0.4, -0.2) is 52.4 Å². The molecule has 31 heavy (non-hydrogen) atoms. The van der Waals surface area contributed by atoms with Gasteiger partial charge in [0.2, 0.25) is 0 Å². The van der Waals surface area contributed by atoms with Crippen molar-refractivity contribution in [2.75, 3.05) is 19.8 Å². The summed E-state index contributed by atoms with van der Waals surface area (Å²) in [7, 11) is 0. The number of hydrogen-bond acceptors (Lipinski definition) is 7. The van der Waals surface area contributed by atoms with Gasteiger partial charge in [-0.25, -0.2) is 4.98 Å². The molecule has 0 saturated carbocycles. The Balaban J connectivity index is 1.72. The van der Waals surface area contributed by atoms with Crippen LogP contribution in [0.4, 0.5) is 5.69 Å². The fourth-order valence-electron chi connectivity index (χ4n) is 4.24. The number of ether oxygens (including phenoxy) is 1. The second-order valence-corrected chi connectivity index (χ2v) is 8.74. The summed E-state index contributed by atoms with van der Waals surface area (Å²) < 4.78 is 9.49. The topological polar surface area (TPSA) is 110 Å². The first-order valence-electron chi connectivity index (χ1n) is 11.0. The van der Waals surface area contributed by atoms with Crippen LogP contribution in [0.2, 0.25) is 0 Å². The molecule has 4 rings (SSSR count). The quantitative estimate of drug-likeness (QED) is 0.459. The molecule has 4 heterocycles. The van der Waals surface area contributed by atoms with Gasteiger partial charge in [0, 0.05) is 32.7 Å². The summed E-state index contributed by atoms with van der Waals surface area (Å²) in [5.74, 6) is 0.0208. The third-order valence-corrected chi connectivity index (χ3v) is 6.67. The van der Waals surface area contributed by atoms with Crippen molar-refractivity contribution in [3.05, 3.63) is 33.1 Å². The summed E-state index contributed by atoms with van der Waals surface area (Å²) in [6.45, 7) is 9.66. The molecule has 2 aromatic rings. The van der Waals surface area contributed by atoms with Gasteiger partial charge >= 0.3 is 0 Å². The van der Waals surface area contributed by atoms with Crippen LogP contribution in [-0.2, 0) is 24.2 Å². The smallest absolute Gasteiger partial charge is 0.268 e. The van der Waals surface area contributed by atoms with Crippen molar-refractivity contribution in [3.8, 4) is 0 Å². The summed E-state index contributed by atoms with van der Waals surface area (Å²) >= 11 is 1.19. The number of fused-ring (bicyclic) bond motifs is 1. The van der Waals surface area contributed by atoms with Gasteiger partial charge in [-0.3, -0.25) is 4.79 Å². The molecule has 0 radical (unpaired) electrons. The van der Waals surface area contributed by atoms with Gasteiger partial charge in [0.25, 0.3) is 5.91 Å². The molecule has 0 aromatic carbocycles. The number of carbonyl (C=O) groups excluding carboxylic acids is 1. The fraction of sp³-hybridized carbons (Fsp3) is 0.571. The predicted molar refractivity (Wildman–Crippen MR) is 117 cm³/mol. The van der Waals surface area contributed by atoms with Crippen molar-refractivity contribution in [1.82, 2.24) is 19.9 Å². The van der Waals surface area contributed by atoms with E-state index >= 15 is 0 Å². The number of carbonyl (C=O) groups is 1. The Bertz CT molecular complexity index is 969. The van der Waals surface area contributed by atoms with Gasteiger partial charge in [-0.2, -0.15) is 5.10 Å². The summed E-state index contributed by atoms with van der Waals surface area (Å²) in [6.07, 6.45) is 4.78. The molecule has 4 N–H and O–H groups in total. The number of quaternary nitrogens is 1. The number of pyridine rings is 1. The number of rotatable bonds is 8. The average molecular weight is 446 g/mol. The highest BCUT2D eigenvalue weighted by Gasteiger charge is 2.35. The standard InChI is InChI=1S/C21H29N7O2S/c1-4-17-16(11-28-12-18-20(21(28)29)31-27-26-18)19(25-14-6-8-30-9-7-14)15(13(3)24-17)10-23-22-5-2/h10,14,22H,4-9,11-12H2,1-3H3,(H,24,25)/p+2. The van der Waals surface area contributed by atoms with Crippen molar-refractivity contribution in [3.63, 3.8) is 0 Å². The number of H-pyrrole nitrogens is 1. The van der Waals surface area contributed by atoms with Crippen molar-refractivity contribution in [2.24, 2.45) is 5.10 Å². The van der Waals surface area contributed by atoms with Crippen molar-refractivity contribution < 1.29 is 19.8 Å². The highest BCUT2D eigenvalue weighted by Crippen LogP contribution is 2.28. The molecule has 1 saturated heterocycles. The number of aryl methyl sites for hydroxylation is 2. The van der Waals surface area contributed by atoms with E-state index in [0.717, 1.165) is 67.2 Å². The van der Waals surface area contributed by atoms with Crippen LogP contribution in [0.25, 0.3) is 0 Å². The molecule has 0 spiro atoms. The number of aromatic nitrogens is 3. The highest BCUT2D eigenvalue weighted by molar-refractivity contribution is 7.08. The van der Waals surface area contributed by atoms with Gasteiger partial charge in [0.05, 0.1) is 44.1 Å². The van der Waals surface area contributed by atoms with E-state index in [1.54, 1.807) is 0 Å². The number of hydrogen-bond donors (Lipinski definition) is 2. The molecule has 10 heteroatoms. The maximum atomic E-state index is 12.9. The fourth-order valence-corrected chi connectivity index (χ4v) is 4.88. The second kappa shape index (κ2) is 9.80. The lowest BCUT2D eigenvalue weighted by Crippen LogP contribution is -2.86. The maximum Gasteiger partial charge on any atom is 0.268 e. The maximum absolute atomic E-state index is 12.9. The van der Waals surface area contributed by atoms with Crippen molar-refractivity contribution in [1.29, 1.82) is 0 Å². The number of hydrazone groups is 1. The molecular weight excluding hydrogens is 414 g/mol. The third kappa shape index (κ3) is 4.60. The molecule has 2 aromatic heterocycles. The zero-order valence-corrected chi connectivity index (χ0v) is 19.2. The minimum absolute atomic E-state index is 0.0208. The Hall–Kier alpha value is -2.43. The van der Waals surface area contributed by atoms with Crippen LogP contribution in [0.5, 0.6) is 0 Å². The minimum Gasteiger partial charge on any atom is -0.381 e. The SMILES string of the molecule is CCNN=Cc1c(C)[nH+]c(CC)c(CN2Cc3nnsc3C2=O)c1[NH2+]C1CCOCC1. The van der Waals surface area contributed by atoms with Gasteiger partial charge in [0.1, 0.15) is 16.1 Å². The number of nitrogens with two attached hydrogens (primary N) is 1. The molecule has 2 aliphatic rings. The van der Waals surface area contributed by atoms with Crippen LogP contribution in [0, 0.1) is 6.92 Å². The Morgan fingerprint density at radius 2 is 2.19 bits per heavy atom. The summed E-state index contributed by atoms with van der Waals surface area (Å²) in [5, 5.41) is 10.9. The number of nitrogens with one attached hydrogen (secondary N) is 2. The predicted octanol–water partition coefficient (Wildman–Crippen LogP) is 0.696. The summed E-state index contributed by atoms with van der Waals surface area (Å²) in [5.41, 5.74) is 9.47. The van der Waals surface area contributed by atoms with E-state index in [9.17, 15) is 4.79 Å². The van der Waals surface area contributed by atoms with Gasteiger partial charge in [-0.05, 0) is 18.5 Å². The lowest BCUT2D eigenvalue weighted by Gasteiger charge is -2.23. The zero-order valence-electron chi connectivity index (χ0n) is 18.4. The zero-order chi connectivity index (χ0) is 21.8. The van der Waals surface area contributed by atoms with E-state index < -0.39 is 0 Å². The first kappa shape index (κ1) is 21.8. The number of aromatic amines is 1. The van der Waals surface area contributed by atoms with E-state index in [0.29, 0.717) is 24.0 Å². The lowest BCUT2D eigenvalue weighted by atomic mass is 10.00. The van der Waals surface area contributed by atoms with Crippen LogP contribution in [0.3, 0.4) is 0 Å². The Kier molecular flexibility index (Phi) is 6.89. The lowest BCUT2D eigenvalue weighted by molar-refractivity contribution is -0.617. The molecule has 0 atom stereocenters. The molecular formula is C21H31N7O2S+2. The van der Waals surface area contributed by atoms with Gasteiger partial charge < -0.3 is 20.4 Å². The number of nitrogens with zero attached hydrogens (tertiary/aromatic N) is 4.